The largest absolute Gasteiger partial charge is 0.467 e. The lowest BCUT2D eigenvalue weighted by Crippen LogP contribution is -2.34. The van der Waals surface area contributed by atoms with Gasteiger partial charge in [-0.05, 0) is 5.56 Å². The fourth-order valence-electron chi connectivity index (χ4n) is 1.12. The van der Waals surface area contributed by atoms with Crippen LogP contribution in [0.3, 0.4) is 0 Å². The number of methoxy groups -OCH3 is 1. The van der Waals surface area contributed by atoms with Crippen molar-refractivity contribution in [2.45, 2.75) is 12.1 Å². The Balaban J connectivity index is 2.75. The number of nitrogens with two attached hydrogens (primary N) is 1. The molecule has 0 spiro atoms. The van der Waals surface area contributed by atoms with E-state index in [0.717, 1.165) is 0 Å². The summed E-state index contributed by atoms with van der Waals surface area (Å²) >= 11 is 0. The minimum Gasteiger partial charge on any atom is -0.467 e. The smallest absolute Gasteiger partial charge is 0.336 e. The quantitative estimate of drug-likeness (QED) is 0.677. The molecule has 0 aliphatic carbocycles. The molecule has 0 saturated heterocycles. The van der Waals surface area contributed by atoms with Crippen molar-refractivity contribution in [3.63, 3.8) is 0 Å². The van der Waals surface area contributed by atoms with Gasteiger partial charge in [-0.1, -0.05) is 30.3 Å². The van der Waals surface area contributed by atoms with Crippen molar-refractivity contribution in [3.8, 4) is 0 Å². The van der Waals surface area contributed by atoms with Crippen molar-refractivity contribution >= 4 is 5.97 Å². The van der Waals surface area contributed by atoms with E-state index in [0.29, 0.717) is 5.56 Å². The van der Waals surface area contributed by atoms with Crippen LogP contribution >= 0.6 is 0 Å². The SMILES string of the molecule is COC(=O)[C@@H](O)[C@H](N)c1ccccc1. The van der Waals surface area contributed by atoms with E-state index in [1.54, 1.807) is 24.3 Å². The second-order valence-corrected chi connectivity index (χ2v) is 2.90. The fourth-order valence-corrected chi connectivity index (χ4v) is 1.12. The maximum atomic E-state index is 11.0. The van der Waals surface area contributed by atoms with E-state index >= 15 is 0 Å². The van der Waals surface area contributed by atoms with E-state index in [-0.39, 0.29) is 0 Å². The van der Waals surface area contributed by atoms with Gasteiger partial charge in [-0.3, -0.25) is 0 Å². The van der Waals surface area contributed by atoms with Gasteiger partial charge in [0, 0.05) is 0 Å². The van der Waals surface area contributed by atoms with Gasteiger partial charge in [0.05, 0.1) is 13.2 Å². The van der Waals surface area contributed by atoms with Crippen molar-refractivity contribution in [1.82, 2.24) is 0 Å². The predicted molar refractivity (Wildman–Crippen MR) is 51.4 cm³/mol. The van der Waals surface area contributed by atoms with E-state index in [4.69, 9.17) is 5.73 Å². The van der Waals surface area contributed by atoms with Crippen LogP contribution in [0.15, 0.2) is 30.3 Å². The number of benzene rings is 1. The Labute approximate surface area is 82.3 Å². The third kappa shape index (κ3) is 2.31. The lowest BCUT2D eigenvalue weighted by molar-refractivity contribution is -0.151. The number of hydrogen-bond acceptors (Lipinski definition) is 4. The molecule has 0 aliphatic rings. The van der Waals surface area contributed by atoms with Gasteiger partial charge in [-0.2, -0.15) is 0 Å². The molecule has 4 heteroatoms. The lowest BCUT2D eigenvalue weighted by atomic mass is 10.0. The number of aliphatic hydroxyl groups excluding tert-OH is 1. The Morgan fingerprint density at radius 3 is 2.50 bits per heavy atom. The molecule has 1 aromatic carbocycles. The van der Waals surface area contributed by atoms with Gasteiger partial charge in [0.1, 0.15) is 0 Å². The number of carbonyl (C=O) groups excluding carboxylic acids is 1. The first-order valence-electron chi connectivity index (χ1n) is 4.23. The average Bonchev–Trinajstić information content (AvgIpc) is 2.27. The molecule has 0 saturated carbocycles. The highest BCUT2D eigenvalue weighted by Crippen LogP contribution is 2.14. The molecule has 0 bridgehead atoms. The molecule has 0 aliphatic heterocycles. The van der Waals surface area contributed by atoms with Gasteiger partial charge < -0.3 is 15.6 Å². The summed E-state index contributed by atoms with van der Waals surface area (Å²) in [4.78, 5) is 11.0. The normalized spacial score (nSPS) is 14.5. The summed E-state index contributed by atoms with van der Waals surface area (Å²) in [5.41, 5.74) is 6.36. The minimum atomic E-state index is -1.32. The number of carbonyl (C=O) groups is 1. The molecule has 2 atom stereocenters. The monoisotopic (exact) mass is 195 g/mol. The molecule has 0 aromatic heterocycles. The number of hydrogen-bond donors (Lipinski definition) is 2. The summed E-state index contributed by atoms with van der Waals surface area (Å²) in [6, 6.07) is 8.16. The van der Waals surface area contributed by atoms with Crippen LogP contribution in [-0.2, 0) is 9.53 Å². The molecule has 0 fully saturated rings. The molecular weight excluding hydrogens is 182 g/mol. The van der Waals surface area contributed by atoms with Gasteiger partial charge in [-0.15, -0.1) is 0 Å². The number of aliphatic hydroxyl groups is 1. The van der Waals surface area contributed by atoms with E-state index in [9.17, 15) is 9.90 Å². The second kappa shape index (κ2) is 4.74. The summed E-state index contributed by atoms with van der Waals surface area (Å²) in [7, 11) is 1.21. The molecule has 4 nitrogen and oxygen atoms in total. The summed E-state index contributed by atoms with van der Waals surface area (Å²) in [6.45, 7) is 0. The lowest BCUT2D eigenvalue weighted by Gasteiger charge is -2.16. The van der Waals surface area contributed by atoms with Crippen LogP contribution in [0.2, 0.25) is 0 Å². The maximum Gasteiger partial charge on any atom is 0.336 e. The first kappa shape index (κ1) is 10.7. The van der Waals surface area contributed by atoms with Crippen molar-refractivity contribution in [3.05, 3.63) is 35.9 Å². The highest BCUT2D eigenvalue weighted by molar-refractivity contribution is 5.75. The zero-order valence-electron chi connectivity index (χ0n) is 7.88. The van der Waals surface area contributed by atoms with Crippen LogP contribution in [0.25, 0.3) is 0 Å². The second-order valence-electron chi connectivity index (χ2n) is 2.90. The molecule has 1 aromatic rings. The highest BCUT2D eigenvalue weighted by atomic mass is 16.5. The third-order valence-corrected chi connectivity index (χ3v) is 1.97. The zero-order chi connectivity index (χ0) is 10.6. The highest BCUT2D eigenvalue weighted by Gasteiger charge is 2.24. The van der Waals surface area contributed by atoms with Crippen molar-refractivity contribution in [2.75, 3.05) is 7.11 Å². The third-order valence-electron chi connectivity index (χ3n) is 1.97. The molecule has 0 unspecified atom stereocenters. The molecule has 0 heterocycles. The van der Waals surface area contributed by atoms with E-state index < -0.39 is 18.1 Å². The standard InChI is InChI=1S/C10H13NO3/c1-14-10(13)9(12)8(11)7-5-3-2-4-6-7/h2-6,8-9,12H,11H2,1H3/t8-,9+/m1/s1. The maximum absolute atomic E-state index is 11.0. The Hall–Kier alpha value is -1.39. The fraction of sp³-hybridized carbons (Fsp3) is 0.300. The zero-order valence-corrected chi connectivity index (χ0v) is 7.88. The molecule has 0 amide bonds. The van der Waals surface area contributed by atoms with E-state index in [1.807, 2.05) is 6.07 Å². The Morgan fingerprint density at radius 2 is 2.00 bits per heavy atom. The molecule has 14 heavy (non-hydrogen) atoms. The Morgan fingerprint density at radius 1 is 1.43 bits per heavy atom. The molecular formula is C10H13NO3. The summed E-state index contributed by atoms with van der Waals surface area (Å²) in [5.74, 6) is -0.721. The summed E-state index contributed by atoms with van der Waals surface area (Å²) in [6.07, 6.45) is -1.32. The van der Waals surface area contributed by atoms with Gasteiger partial charge in [0.2, 0.25) is 0 Å². The number of esters is 1. The van der Waals surface area contributed by atoms with Crippen LogP contribution in [0, 0.1) is 0 Å². The number of rotatable bonds is 3. The van der Waals surface area contributed by atoms with E-state index in [1.165, 1.54) is 7.11 Å². The van der Waals surface area contributed by atoms with E-state index in [2.05, 4.69) is 4.74 Å². The molecule has 76 valence electrons. The van der Waals surface area contributed by atoms with Crippen LogP contribution in [0.5, 0.6) is 0 Å². The van der Waals surface area contributed by atoms with Gasteiger partial charge >= 0.3 is 5.97 Å². The number of ether oxygens (including phenoxy) is 1. The Kier molecular flexibility index (Phi) is 3.62. The van der Waals surface area contributed by atoms with Crippen LogP contribution < -0.4 is 5.73 Å². The molecule has 3 N–H and O–H groups in total. The average molecular weight is 195 g/mol. The van der Waals surface area contributed by atoms with Crippen molar-refractivity contribution < 1.29 is 14.6 Å². The molecule has 1 rings (SSSR count). The summed E-state index contributed by atoms with van der Waals surface area (Å²) < 4.78 is 4.39. The predicted octanol–water partition coefficient (Wildman–Crippen LogP) is 0.220. The minimum absolute atomic E-state index is 0.699. The summed E-state index contributed by atoms with van der Waals surface area (Å²) in [5, 5.41) is 9.44. The Bertz CT molecular complexity index is 299. The van der Waals surface area contributed by atoms with Gasteiger partial charge in [-0.25, -0.2) is 4.79 Å². The van der Waals surface area contributed by atoms with Crippen molar-refractivity contribution in [1.29, 1.82) is 0 Å². The first-order chi connectivity index (χ1) is 6.66. The van der Waals surface area contributed by atoms with Crippen LogP contribution in [0.4, 0.5) is 0 Å². The topological polar surface area (TPSA) is 72.5 Å². The molecule has 0 radical (unpaired) electrons. The van der Waals surface area contributed by atoms with Gasteiger partial charge in [0.15, 0.2) is 6.10 Å². The van der Waals surface area contributed by atoms with Crippen LogP contribution in [-0.4, -0.2) is 24.3 Å². The van der Waals surface area contributed by atoms with Gasteiger partial charge in [0.25, 0.3) is 0 Å². The van der Waals surface area contributed by atoms with Crippen LogP contribution in [0.1, 0.15) is 11.6 Å². The first-order valence-corrected chi connectivity index (χ1v) is 4.23. The van der Waals surface area contributed by atoms with Crippen molar-refractivity contribution in [2.24, 2.45) is 5.73 Å².